The van der Waals surface area contributed by atoms with Crippen molar-refractivity contribution >= 4 is 55.5 Å². The third kappa shape index (κ3) is 3.35. The fourth-order valence-corrected chi connectivity index (χ4v) is 4.63. The van der Waals surface area contributed by atoms with Crippen LogP contribution in [0.25, 0.3) is 0 Å². The highest BCUT2D eigenvalue weighted by molar-refractivity contribution is 14.2. The lowest BCUT2D eigenvalue weighted by molar-refractivity contribution is 1.47. The summed E-state index contributed by atoms with van der Waals surface area (Å²) < 4.78 is 0. The van der Waals surface area contributed by atoms with Gasteiger partial charge in [0.15, 0.2) is 0 Å². The molecule has 1 nitrogen and oxygen atoms in total. The number of hydrogen-bond donors (Lipinski definition) is 1. The first kappa shape index (κ1) is 9.88. The SMILES string of the molecule is Nc1ccccc1SSSI. The third-order valence-corrected chi connectivity index (χ3v) is 7.68. The molecule has 1 aromatic rings. The Morgan fingerprint density at radius 1 is 1.27 bits per heavy atom. The van der Waals surface area contributed by atoms with Gasteiger partial charge in [0.2, 0.25) is 0 Å². The van der Waals surface area contributed by atoms with Crippen LogP contribution in [0.4, 0.5) is 5.69 Å². The molecule has 0 saturated heterocycles. The Morgan fingerprint density at radius 2 is 2.00 bits per heavy atom. The second-order valence-corrected chi connectivity index (χ2v) is 8.37. The molecular weight excluding hydrogens is 309 g/mol. The van der Waals surface area contributed by atoms with Crippen LogP contribution in [-0.2, 0) is 0 Å². The first-order valence-electron chi connectivity index (χ1n) is 2.81. The summed E-state index contributed by atoms with van der Waals surface area (Å²) in [6, 6.07) is 7.89. The predicted molar refractivity (Wildman–Crippen MR) is 65.9 cm³/mol. The molecule has 1 aromatic carbocycles. The number of nitrogen functional groups attached to an aromatic ring is 1. The van der Waals surface area contributed by atoms with Crippen LogP contribution in [0.15, 0.2) is 29.2 Å². The van der Waals surface area contributed by atoms with Crippen molar-refractivity contribution in [2.45, 2.75) is 4.90 Å². The number of halogens is 1. The van der Waals surface area contributed by atoms with Gasteiger partial charge in [0, 0.05) is 31.8 Å². The Kier molecular flexibility index (Phi) is 4.89. The lowest BCUT2D eigenvalue weighted by Gasteiger charge is -2.00. The van der Waals surface area contributed by atoms with Crippen molar-refractivity contribution in [1.82, 2.24) is 0 Å². The molecule has 0 unspecified atom stereocenters. The smallest absolute Gasteiger partial charge is 0.0461 e. The maximum Gasteiger partial charge on any atom is 0.0461 e. The number of rotatable bonds is 3. The highest BCUT2D eigenvalue weighted by Gasteiger charge is 1.97. The monoisotopic (exact) mass is 315 g/mol. The maximum atomic E-state index is 5.72. The van der Waals surface area contributed by atoms with Gasteiger partial charge in [0.25, 0.3) is 0 Å². The zero-order valence-electron chi connectivity index (χ0n) is 5.49. The van der Waals surface area contributed by atoms with E-state index in [-0.39, 0.29) is 0 Å². The molecule has 0 heterocycles. The standard InChI is InChI=1S/C6H6INS3/c7-10-11-9-6-4-2-1-3-5(6)8/h1-4H,8H2. The lowest BCUT2D eigenvalue weighted by atomic mass is 10.3. The van der Waals surface area contributed by atoms with Crippen molar-refractivity contribution in [2.75, 3.05) is 5.73 Å². The molecule has 0 spiro atoms. The van der Waals surface area contributed by atoms with E-state index in [9.17, 15) is 0 Å². The van der Waals surface area contributed by atoms with E-state index in [4.69, 9.17) is 5.73 Å². The Morgan fingerprint density at radius 3 is 2.64 bits per heavy atom. The molecule has 0 atom stereocenters. The van der Waals surface area contributed by atoms with Gasteiger partial charge in [-0.25, -0.2) is 0 Å². The number of benzene rings is 1. The number of para-hydroxylation sites is 1. The molecule has 0 saturated carbocycles. The van der Waals surface area contributed by atoms with Gasteiger partial charge in [-0.2, -0.15) is 0 Å². The number of nitrogens with two attached hydrogens (primary N) is 1. The largest absolute Gasteiger partial charge is 0.398 e. The average Bonchev–Trinajstić information content (AvgIpc) is 2.03. The van der Waals surface area contributed by atoms with Crippen molar-refractivity contribution in [3.05, 3.63) is 24.3 Å². The molecule has 0 amide bonds. The Hall–Kier alpha value is 0.800. The van der Waals surface area contributed by atoms with E-state index in [0.717, 1.165) is 10.6 Å². The normalized spacial score (nSPS) is 9.91. The fourth-order valence-electron chi connectivity index (χ4n) is 0.606. The van der Waals surface area contributed by atoms with Crippen LogP contribution in [0.5, 0.6) is 0 Å². The molecule has 11 heavy (non-hydrogen) atoms. The van der Waals surface area contributed by atoms with E-state index in [1.807, 2.05) is 24.3 Å². The Balaban J connectivity index is 2.62. The molecule has 0 aliphatic heterocycles. The summed E-state index contributed by atoms with van der Waals surface area (Å²) in [5.74, 6) is 0. The topological polar surface area (TPSA) is 26.0 Å². The summed E-state index contributed by atoms with van der Waals surface area (Å²) in [6.45, 7) is 0. The molecule has 5 heteroatoms. The summed E-state index contributed by atoms with van der Waals surface area (Å²) >= 11 is 2.24. The van der Waals surface area contributed by atoms with Crippen LogP contribution in [0, 0.1) is 0 Å². The second-order valence-electron chi connectivity index (χ2n) is 1.75. The molecule has 2 N–H and O–H groups in total. The maximum absolute atomic E-state index is 5.72. The Bertz CT molecular complexity index is 231. The minimum atomic E-state index is 0.857. The first-order valence-corrected chi connectivity index (χ1v) is 8.83. The molecule has 0 aliphatic carbocycles. The molecule has 0 aromatic heterocycles. The van der Waals surface area contributed by atoms with Gasteiger partial charge in [-0.05, 0) is 40.7 Å². The van der Waals surface area contributed by atoms with Crippen molar-refractivity contribution in [1.29, 1.82) is 0 Å². The van der Waals surface area contributed by atoms with Crippen LogP contribution >= 0.6 is 49.8 Å². The molecule has 0 aliphatic rings. The van der Waals surface area contributed by atoms with Crippen LogP contribution in [0.2, 0.25) is 0 Å². The highest BCUT2D eigenvalue weighted by Crippen LogP contribution is 2.45. The highest BCUT2D eigenvalue weighted by atomic mass is 127. The van der Waals surface area contributed by atoms with E-state index in [1.54, 1.807) is 28.6 Å². The molecule has 60 valence electrons. The quantitative estimate of drug-likeness (QED) is 0.518. The zero-order chi connectivity index (χ0) is 8.10. The summed E-state index contributed by atoms with van der Waals surface area (Å²) in [7, 11) is 5.11. The van der Waals surface area contributed by atoms with Crippen LogP contribution < -0.4 is 5.73 Å². The van der Waals surface area contributed by atoms with Crippen LogP contribution in [0.3, 0.4) is 0 Å². The minimum Gasteiger partial charge on any atom is -0.398 e. The van der Waals surface area contributed by atoms with Gasteiger partial charge in [0.05, 0.1) is 0 Å². The summed E-state index contributed by atoms with van der Waals surface area (Å²) in [5, 5.41) is 0. The van der Waals surface area contributed by atoms with E-state index in [2.05, 4.69) is 21.2 Å². The van der Waals surface area contributed by atoms with E-state index >= 15 is 0 Å². The first-order chi connectivity index (χ1) is 5.34. The molecule has 0 bridgehead atoms. The third-order valence-electron chi connectivity index (χ3n) is 1.07. The van der Waals surface area contributed by atoms with Gasteiger partial charge < -0.3 is 5.73 Å². The predicted octanol–water partition coefficient (Wildman–Crippen LogP) is 4.01. The van der Waals surface area contributed by atoms with Gasteiger partial charge in [-0.3, -0.25) is 0 Å². The zero-order valence-corrected chi connectivity index (χ0v) is 10.1. The van der Waals surface area contributed by atoms with Gasteiger partial charge in [-0.1, -0.05) is 12.1 Å². The summed E-state index contributed by atoms with van der Waals surface area (Å²) in [6.07, 6.45) is 0. The molecule has 0 fully saturated rings. The van der Waals surface area contributed by atoms with Gasteiger partial charge >= 0.3 is 0 Å². The van der Waals surface area contributed by atoms with Crippen molar-refractivity contribution in [3.8, 4) is 0 Å². The fraction of sp³-hybridized carbons (Fsp3) is 0. The minimum absolute atomic E-state index is 0.857. The van der Waals surface area contributed by atoms with Gasteiger partial charge in [-0.15, -0.1) is 0 Å². The summed E-state index contributed by atoms with van der Waals surface area (Å²) in [5.41, 5.74) is 6.57. The van der Waals surface area contributed by atoms with Crippen molar-refractivity contribution in [2.24, 2.45) is 0 Å². The number of anilines is 1. The molecule has 1 rings (SSSR count). The average molecular weight is 315 g/mol. The molecular formula is C6H6INS3. The van der Waals surface area contributed by atoms with Gasteiger partial charge in [0.1, 0.15) is 0 Å². The van der Waals surface area contributed by atoms with E-state index in [1.165, 1.54) is 0 Å². The van der Waals surface area contributed by atoms with Crippen LogP contribution in [-0.4, -0.2) is 0 Å². The number of hydrogen-bond acceptors (Lipinski definition) is 4. The van der Waals surface area contributed by atoms with Crippen molar-refractivity contribution < 1.29 is 0 Å². The Labute approximate surface area is 89.6 Å². The van der Waals surface area contributed by atoms with Crippen molar-refractivity contribution in [3.63, 3.8) is 0 Å². The van der Waals surface area contributed by atoms with E-state index < -0.39 is 0 Å². The van der Waals surface area contributed by atoms with Crippen LogP contribution in [0.1, 0.15) is 0 Å². The molecule has 0 radical (unpaired) electrons. The second kappa shape index (κ2) is 5.45. The van der Waals surface area contributed by atoms with E-state index in [0.29, 0.717) is 0 Å². The lowest BCUT2D eigenvalue weighted by Crippen LogP contribution is -1.84. The summed E-state index contributed by atoms with van der Waals surface area (Å²) in [4.78, 5) is 1.14.